The lowest BCUT2D eigenvalue weighted by molar-refractivity contribution is 0.0721. The summed E-state index contributed by atoms with van der Waals surface area (Å²) < 4.78 is 20.9. The second kappa shape index (κ2) is 4.96. The van der Waals surface area contributed by atoms with E-state index in [-0.39, 0.29) is 18.3 Å². The van der Waals surface area contributed by atoms with Crippen molar-refractivity contribution in [1.82, 2.24) is 14.7 Å². The SMILES string of the molecule is Cn1nccc1C(=O)N1CCOc2cccc(F)c2C1. The van der Waals surface area contributed by atoms with Crippen LogP contribution in [0.5, 0.6) is 5.75 Å². The molecule has 20 heavy (non-hydrogen) atoms. The van der Waals surface area contributed by atoms with E-state index in [1.165, 1.54) is 10.7 Å². The number of fused-ring (bicyclic) bond motifs is 1. The smallest absolute Gasteiger partial charge is 0.272 e. The summed E-state index contributed by atoms with van der Waals surface area (Å²) in [5, 5.41) is 3.98. The minimum atomic E-state index is -0.354. The summed E-state index contributed by atoms with van der Waals surface area (Å²) in [6, 6.07) is 6.35. The number of ether oxygens (including phenoxy) is 1. The highest BCUT2D eigenvalue weighted by atomic mass is 19.1. The van der Waals surface area contributed by atoms with Crippen LogP contribution in [0.4, 0.5) is 4.39 Å². The van der Waals surface area contributed by atoms with Crippen molar-refractivity contribution in [2.45, 2.75) is 6.54 Å². The molecule has 1 aliphatic rings. The molecule has 2 heterocycles. The van der Waals surface area contributed by atoms with Crippen molar-refractivity contribution in [3.63, 3.8) is 0 Å². The summed E-state index contributed by atoms with van der Waals surface area (Å²) in [4.78, 5) is 14.0. The van der Waals surface area contributed by atoms with Crippen LogP contribution in [0, 0.1) is 5.82 Å². The Balaban J connectivity index is 1.91. The molecule has 0 saturated heterocycles. The first-order chi connectivity index (χ1) is 9.66. The fourth-order valence-corrected chi connectivity index (χ4v) is 2.28. The van der Waals surface area contributed by atoms with Crippen molar-refractivity contribution >= 4 is 5.91 Å². The van der Waals surface area contributed by atoms with Crippen LogP contribution in [0.2, 0.25) is 0 Å². The molecule has 1 aliphatic heterocycles. The fraction of sp³-hybridized carbons (Fsp3) is 0.286. The second-order valence-corrected chi connectivity index (χ2v) is 4.63. The lowest BCUT2D eigenvalue weighted by atomic mass is 10.1. The maximum absolute atomic E-state index is 13.9. The van der Waals surface area contributed by atoms with Crippen LogP contribution in [-0.2, 0) is 13.6 Å². The van der Waals surface area contributed by atoms with Crippen molar-refractivity contribution in [2.75, 3.05) is 13.2 Å². The Hall–Kier alpha value is -2.37. The summed E-state index contributed by atoms with van der Waals surface area (Å²) in [7, 11) is 1.70. The van der Waals surface area contributed by atoms with Crippen molar-refractivity contribution in [3.05, 3.63) is 47.5 Å². The molecule has 0 atom stereocenters. The molecule has 0 radical (unpaired) electrons. The van der Waals surface area contributed by atoms with Crippen LogP contribution in [0.1, 0.15) is 16.1 Å². The Morgan fingerprint density at radius 1 is 1.40 bits per heavy atom. The number of aromatic nitrogens is 2. The van der Waals surface area contributed by atoms with E-state index in [4.69, 9.17) is 4.74 Å². The molecule has 5 nitrogen and oxygen atoms in total. The van der Waals surface area contributed by atoms with Gasteiger partial charge in [-0.2, -0.15) is 5.10 Å². The van der Waals surface area contributed by atoms with Crippen molar-refractivity contribution in [2.24, 2.45) is 7.05 Å². The lowest BCUT2D eigenvalue weighted by Gasteiger charge is -2.19. The molecule has 0 N–H and O–H groups in total. The van der Waals surface area contributed by atoms with Gasteiger partial charge in [-0.15, -0.1) is 0 Å². The highest BCUT2D eigenvalue weighted by molar-refractivity contribution is 5.92. The summed E-state index contributed by atoms with van der Waals surface area (Å²) >= 11 is 0. The monoisotopic (exact) mass is 275 g/mol. The first-order valence-electron chi connectivity index (χ1n) is 6.34. The zero-order valence-electron chi connectivity index (χ0n) is 11.0. The molecule has 2 aromatic rings. The van der Waals surface area contributed by atoms with Crippen molar-refractivity contribution < 1.29 is 13.9 Å². The zero-order valence-corrected chi connectivity index (χ0v) is 11.0. The number of hydrogen-bond acceptors (Lipinski definition) is 3. The normalized spacial score (nSPS) is 14.4. The Labute approximate surface area is 115 Å². The standard InChI is InChI=1S/C14H14FN3O2/c1-17-12(5-6-16-17)14(19)18-7-8-20-13-4-2-3-11(15)10(13)9-18/h2-6H,7-9H2,1H3. The Morgan fingerprint density at radius 3 is 3.00 bits per heavy atom. The van der Waals surface area contributed by atoms with Gasteiger partial charge in [-0.05, 0) is 18.2 Å². The first kappa shape index (κ1) is 12.7. The third-order valence-corrected chi connectivity index (χ3v) is 3.37. The van der Waals surface area contributed by atoms with Crippen LogP contribution in [0.15, 0.2) is 30.5 Å². The van der Waals surface area contributed by atoms with E-state index in [2.05, 4.69) is 5.10 Å². The van der Waals surface area contributed by atoms with E-state index in [0.29, 0.717) is 30.2 Å². The Kier molecular flexibility index (Phi) is 3.14. The predicted octanol–water partition coefficient (Wildman–Crippen LogP) is 1.59. The number of rotatable bonds is 1. The van der Waals surface area contributed by atoms with Crippen LogP contribution in [0.3, 0.4) is 0 Å². The summed E-state index contributed by atoms with van der Waals surface area (Å²) in [5.41, 5.74) is 0.894. The lowest BCUT2D eigenvalue weighted by Crippen LogP contribution is -2.33. The van der Waals surface area contributed by atoms with Gasteiger partial charge in [0.15, 0.2) is 0 Å². The second-order valence-electron chi connectivity index (χ2n) is 4.63. The first-order valence-corrected chi connectivity index (χ1v) is 6.34. The van der Waals surface area contributed by atoms with Crippen molar-refractivity contribution in [1.29, 1.82) is 0 Å². The number of carbonyl (C=O) groups excluding carboxylic acids is 1. The molecule has 0 spiro atoms. The van der Waals surface area contributed by atoms with Crippen LogP contribution >= 0.6 is 0 Å². The third-order valence-electron chi connectivity index (χ3n) is 3.37. The van der Waals surface area contributed by atoms with E-state index in [9.17, 15) is 9.18 Å². The van der Waals surface area contributed by atoms with Gasteiger partial charge in [0.05, 0.1) is 13.1 Å². The number of carbonyl (C=O) groups is 1. The average molecular weight is 275 g/mol. The summed E-state index contributed by atoms with van der Waals surface area (Å²) in [6.45, 7) is 0.962. The van der Waals surface area contributed by atoms with Gasteiger partial charge in [0, 0.05) is 18.8 Å². The molecule has 104 valence electrons. The molecule has 1 aromatic carbocycles. The van der Waals surface area contributed by atoms with Crippen molar-refractivity contribution in [3.8, 4) is 5.75 Å². The van der Waals surface area contributed by atoms with Gasteiger partial charge in [-0.3, -0.25) is 9.48 Å². The van der Waals surface area contributed by atoms with Gasteiger partial charge in [-0.25, -0.2) is 4.39 Å². The van der Waals surface area contributed by atoms with E-state index in [0.717, 1.165) is 0 Å². The number of hydrogen-bond donors (Lipinski definition) is 0. The quantitative estimate of drug-likeness (QED) is 0.794. The largest absolute Gasteiger partial charge is 0.491 e. The minimum Gasteiger partial charge on any atom is -0.491 e. The molecule has 0 bridgehead atoms. The van der Waals surface area contributed by atoms with Gasteiger partial charge in [0.2, 0.25) is 0 Å². The third kappa shape index (κ3) is 2.13. The molecule has 3 rings (SSSR count). The fourth-order valence-electron chi connectivity index (χ4n) is 2.28. The molecule has 6 heteroatoms. The highest BCUT2D eigenvalue weighted by Crippen LogP contribution is 2.26. The molecule has 0 saturated carbocycles. The molecule has 0 fully saturated rings. The number of halogens is 1. The van der Waals surface area contributed by atoms with E-state index in [1.54, 1.807) is 36.3 Å². The van der Waals surface area contributed by atoms with Gasteiger partial charge >= 0.3 is 0 Å². The molecule has 1 aromatic heterocycles. The van der Waals surface area contributed by atoms with E-state index >= 15 is 0 Å². The molecular formula is C14H14FN3O2. The minimum absolute atomic E-state index is 0.176. The van der Waals surface area contributed by atoms with E-state index < -0.39 is 0 Å². The van der Waals surface area contributed by atoms with Gasteiger partial charge in [0.1, 0.15) is 23.9 Å². The molecule has 0 unspecified atom stereocenters. The number of amides is 1. The molecule has 1 amide bonds. The Morgan fingerprint density at radius 2 is 2.25 bits per heavy atom. The highest BCUT2D eigenvalue weighted by Gasteiger charge is 2.24. The molecule has 0 aliphatic carbocycles. The van der Waals surface area contributed by atoms with Crippen LogP contribution < -0.4 is 4.74 Å². The van der Waals surface area contributed by atoms with Gasteiger partial charge in [0.25, 0.3) is 5.91 Å². The Bertz CT molecular complexity index is 654. The zero-order chi connectivity index (χ0) is 14.1. The predicted molar refractivity (Wildman–Crippen MR) is 69.8 cm³/mol. The van der Waals surface area contributed by atoms with Crippen LogP contribution in [-0.4, -0.2) is 33.7 Å². The van der Waals surface area contributed by atoms with Gasteiger partial charge < -0.3 is 9.64 Å². The maximum Gasteiger partial charge on any atom is 0.272 e. The number of nitrogens with zero attached hydrogens (tertiary/aromatic N) is 3. The topological polar surface area (TPSA) is 47.4 Å². The molecular weight excluding hydrogens is 261 g/mol. The number of aryl methyl sites for hydroxylation is 1. The van der Waals surface area contributed by atoms with Gasteiger partial charge in [-0.1, -0.05) is 6.07 Å². The average Bonchev–Trinajstić information content (AvgIpc) is 2.73. The maximum atomic E-state index is 13.9. The van der Waals surface area contributed by atoms with E-state index in [1.807, 2.05) is 0 Å². The number of benzene rings is 1. The summed E-state index contributed by atoms with van der Waals surface area (Å²) in [6.07, 6.45) is 1.57. The summed E-state index contributed by atoms with van der Waals surface area (Å²) in [5.74, 6) is -0.0257. The van der Waals surface area contributed by atoms with Crippen LogP contribution in [0.25, 0.3) is 0 Å².